The highest BCUT2D eigenvalue weighted by molar-refractivity contribution is 4.88. The van der Waals surface area contributed by atoms with Crippen LogP contribution >= 0.6 is 0 Å². The molecular weight excluding hydrogens is 148 g/mol. The van der Waals surface area contributed by atoms with Gasteiger partial charge in [-0.05, 0) is 51.1 Å². The molecule has 0 aliphatic carbocycles. The van der Waals surface area contributed by atoms with E-state index in [0.29, 0.717) is 11.5 Å². The Morgan fingerprint density at radius 1 is 1.58 bits per heavy atom. The summed E-state index contributed by atoms with van der Waals surface area (Å²) < 4.78 is 0. The molecule has 0 aromatic rings. The lowest BCUT2D eigenvalue weighted by Gasteiger charge is -2.40. The second-order valence-corrected chi connectivity index (χ2v) is 4.33. The summed E-state index contributed by atoms with van der Waals surface area (Å²) in [6, 6.07) is 0.665. The van der Waals surface area contributed by atoms with Crippen molar-refractivity contribution in [3.63, 3.8) is 0 Å². The number of rotatable bonds is 3. The Morgan fingerprint density at radius 3 is 2.92 bits per heavy atom. The van der Waals surface area contributed by atoms with Crippen molar-refractivity contribution < 1.29 is 0 Å². The molecule has 1 fully saturated rings. The van der Waals surface area contributed by atoms with Gasteiger partial charge >= 0.3 is 0 Å². The van der Waals surface area contributed by atoms with Crippen molar-refractivity contribution in [3.05, 3.63) is 0 Å². The molecular formula is C10H22N2. The minimum absolute atomic E-state index is 0.498. The van der Waals surface area contributed by atoms with Crippen LogP contribution in [0.2, 0.25) is 0 Å². The molecule has 0 bridgehead atoms. The van der Waals surface area contributed by atoms with Gasteiger partial charge in [0.2, 0.25) is 0 Å². The Bertz CT molecular complexity index is 136. The Hall–Kier alpha value is -0.0800. The Morgan fingerprint density at radius 2 is 2.33 bits per heavy atom. The molecule has 0 amide bonds. The van der Waals surface area contributed by atoms with Crippen molar-refractivity contribution >= 4 is 0 Å². The van der Waals surface area contributed by atoms with Gasteiger partial charge in [0.15, 0.2) is 0 Å². The molecule has 0 aromatic heterocycles. The number of hydrogen-bond acceptors (Lipinski definition) is 2. The fraction of sp³-hybridized carbons (Fsp3) is 1.00. The summed E-state index contributed by atoms with van der Waals surface area (Å²) in [4.78, 5) is 0. The molecule has 1 aliphatic rings. The van der Waals surface area contributed by atoms with Gasteiger partial charge in [-0.1, -0.05) is 6.92 Å². The summed E-state index contributed by atoms with van der Waals surface area (Å²) in [6.07, 6.45) is 5.13. The molecule has 1 saturated heterocycles. The normalized spacial score (nSPS) is 36.8. The average Bonchev–Trinajstić information content (AvgIpc) is 2.07. The second-order valence-electron chi connectivity index (χ2n) is 4.33. The van der Waals surface area contributed by atoms with Crippen LogP contribution in [0, 0.1) is 5.41 Å². The van der Waals surface area contributed by atoms with Crippen LogP contribution in [0.15, 0.2) is 0 Å². The first kappa shape index (κ1) is 10.0. The maximum absolute atomic E-state index is 5.53. The lowest BCUT2D eigenvalue weighted by Crippen LogP contribution is -2.46. The van der Waals surface area contributed by atoms with Crippen molar-refractivity contribution in [1.82, 2.24) is 5.32 Å². The molecule has 0 radical (unpaired) electrons. The van der Waals surface area contributed by atoms with Gasteiger partial charge in [-0.25, -0.2) is 0 Å². The SMILES string of the molecule is C[C@@H]1NCCC[C@@]1(C)CCCN. The predicted molar refractivity (Wildman–Crippen MR) is 53.1 cm³/mol. The van der Waals surface area contributed by atoms with Crippen molar-refractivity contribution in [3.8, 4) is 0 Å². The van der Waals surface area contributed by atoms with E-state index in [-0.39, 0.29) is 0 Å². The van der Waals surface area contributed by atoms with Gasteiger partial charge in [-0.15, -0.1) is 0 Å². The number of piperidine rings is 1. The van der Waals surface area contributed by atoms with Gasteiger partial charge in [0.1, 0.15) is 0 Å². The lowest BCUT2D eigenvalue weighted by molar-refractivity contribution is 0.152. The monoisotopic (exact) mass is 170 g/mol. The summed E-state index contributed by atoms with van der Waals surface area (Å²) >= 11 is 0. The summed E-state index contributed by atoms with van der Waals surface area (Å²) in [5.74, 6) is 0. The number of nitrogens with one attached hydrogen (secondary N) is 1. The summed E-state index contributed by atoms with van der Waals surface area (Å²) in [5, 5.41) is 3.54. The third kappa shape index (κ3) is 2.20. The van der Waals surface area contributed by atoms with Crippen molar-refractivity contribution in [2.24, 2.45) is 11.1 Å². The largest absolute Gasteiger partial charge is 0.330 e. The van der Waals surface area contributed by atoms with Crippen LogP contribution in [0.1, 0.15) is 39.5 Å². The average molecular weight is 170 g/mol. The fourth-order valence-corrected chi connectivity index (χ4v) is 2.12. The van der Waals surface area contributed by atoms with E-state index in [9.17, 15) is 0 Å². The Kier molecular flexibility index (Phi) is 3.53. The highest BCUT2D eigenvalue weighted by atomic mass is 14.9. The van der Waals surface area contributed by atoms with Gasteiger partial charge in [-0.2, -0.15) is 0 Å². The molecule has 1 aliphatic heterocycles. The number of nitrogens with two attached hydrogens (primary N) is 1. The molecule has 1 rings (SSSR count). The van der Waals surface area contributed by atoms with Gasteiger partial charge in [0.25, 0.3) is 0 Å². The summed E-state index contributed by atoms with van der Waals surface area (Å²) in [7, 11) is 0. The molecule has 1 heterocycles. The van der Waals surface area contributed by atoms with Crippen LogP contribution in [0.3, 0.4) is 0 Å². The quantitative estimate of drug-likeness (QED) is 0.673. The highest BCUT2D eigenvalue weighted by Crippen LogP contribution is 2.35. The Balaban J connectivity index is 2.42. The summed E-state index contributed by atoms with van der Waals surface area (Å²) in [6.45, 7) is 6.72. The van der Waals surface area contributed by atoms with Crippen LogP contribution < -0.4 is 11.1 Å². The minimum Gasteiger partial charge on any atom is -0.330 e. The fourth-order valence-electron chi connectivity index (χ4n) is 2.12. The lowest BCUT2D eigenvalue weighted by atomic mass is 9.73. The third-order valence-corrected chi connectivity index (χ3v) is 3.37. The zero-order valence-electron chi connectivity index (χ0n) is 8.40. The van der Waals surface area contributed by atoms with E-state index in [4.69, 9.17) is 5.73 Å². The molecule has 0 saturated carbocycles. The highest BCUT2D eigenvalue weighted by Gasteiger charge is 2.32. The second kappa shape index (κ2) is 4.24. The molecule has 12 heavy (non-hydrogen) atoms. The van der Waals surface area contributed by atoms with E-state index in [1.807, 2.05) is 0 Å². The van der Waals surface area contributed by atoms with Crippen LogP contribution in [-0.2, 0) is 0 Å². The van der Waals surface area contributed by atoms with Gasteiger partial charge < -0.3 is 11.1 Å². The van der Waals surface area contributed by atoms with E-state index in [0.717, 1.165) is 6.54 Å². The van der Waals surface area contributed by atoms with E-state index < -0.39 is 0 Å². The molecule has 72 valence electrons. The van der Waals surface area contributed by atoms with Gasteiger partial charge in [-0.3, -0.25) is 0 Å². The van der Waals surface area contributed by atoms with Crippen LogP contribution in [0.4, 0.5) is 0 Å². The molecule has 0 aromatic carbocycles. The molecule has 2 atom stereocenters. The smallest absolute Gasteiger partial charge is 0.00925 e. The number of hydrogen-bond donors (Lipinski definition) is 2. The zero-order valence-corrected chi connectivity index (χ0v) is 8.40. The van der Waals surface area contributed by atoms with Crippen LogP contribution in [0.25, 0.3) is 0 Å². The van der Waals surface area contributed by atoms with E-state index in [2.05, 4.69) is 19.2 Å². The topological polar surface area (TPSA) is 38.0 Å². The third-order valence-electron chi connectivity index (χ3n) is 3.37. The van der Waals surface area contributed by atoms with Gasteiger partial charge in [0.05, 0.1) is 0 Å². The van der Waals surface area contributed by atoms with E-state index in [1.54, 1.807) is 0 Å². The standard InChI is InChI=1S/C10H22N2/c1-9-10(2,5-3-7-11)6-4-8-12-9/h9,12H,3-8,11H2,1-2H3/t9-,10+/m0/s1. The molecule has 2 heteroatoms. The van der Waals surface area contributed by atoms with Crippen molar-refractivity contribution in [2.45, 2.75) is 45.6 Å². The minimum atomic E-state index is 0.498. The maximum Gasteiger partial charge on any atom is 0.00925 e. The van der Waals surface area contributed by atoms with Gasteiger partial charge in [0, 0.05) is 6.04 Å². The van der Waals surface area contributed by atoms with Crippen molar-refractivity contribution in [1.29, 1.82) is 0 Å². The molecule has 2 nitrogen and oxygen atoms in total. The first-order valence-electron chi connectivity index (χ1n) is 5.12. The zero-order chi connectivity index (χ0) is 9.03. The first-order chi connectivity index (χ1) is 5.69. The molecule has 0 unspecified atom stereocenters. The molecule has 3 N–H and O–H groups in total. The first-order valence-corrected chi connectivity index (χ1v) is 5.12. The predicted octanol–water partition coefficient (Wildman–Crippen LogP) is 1.50. The maximum atomic E-state index is 5.53. The van der Waals surface area contributed by atoms with Crippen LogP contribution in [-0.4, -0.2) is 19.1 Å². The summed E-state index contributed by atoms with van der Waals surface area (Å²) in [5.41, 5.74) is 6.03. The Labute approximate surface area is 75.9 Å². The van der Waals surface area contributed by atoms with Crippen LogP contribution in [0.5, 0.6) is 0 Å². The molecule has 0 spiro atoms. The van der Waals surface area contributed by atoms with E-state index >= 15 is 0 Å². The van der Waals surface area contributed by atoms with Crippen molar-refractivity contribution in [2.75, 3.05) is 13.1 Å². The van der Waals surface area contributed by atoms with E-state index in [1.165, 1.54) is 32.2 Å².